The average molecular weight is 287 g/mol. The van der Waals surface area contributed by atoms with Gasteiger partial charge < -0.3 is 0 Å². The van der Waals surface area contributed by atoms with Crippen LogP contribution in [0.3, 0.4) is 0 Å². The van der Waals surface area contributed by atoms with E-state index in [1.807, 2.05) is 6.92 Å². The summed E-state index contributed by atoms with van der Waals surface area (Å²) in [5.74, 6) is -2.33. The van der Waals surface area contributed by atoms with Crippen molar-refractivity contribution in [2.45, 2.75) is 36.8 Å². The topological polar surface area (TPSA) is 57.9 Å². The first kappa shape index (κ1) is 15.6. The van der Waals surface area contributed by atoms with Gasteiger partial charge in [0.15, 0.2) is 15.1 Å². The van der Waals surface area contributed by atoms with Crippen LogP contribution in [0.25, 0.3) is 0 Å². The smallest absolute Gasteiger partial charge is 0.197 e. The molecule has 0 saturated heterocycles. The molecule has 6 heteroatoms. The maximum absolute atomic E-state index is 13.6. The van der Waals surface area contributed by atoms with Crippen molar-refractivity contribution in [3.63, 3.8) is 0 Å². The van der Waals surface area contributed by atoms with Crippen LogP contribution in [0.15, 0.2) is 23.1 Å². The van der Waals surface area contributed by atoms with Crippen molar-refractivity contribution < 1.29 is 17.2 Å². The summed E-state index contributed by atoms with van der Waals surface area (Å²) in [6.45, 7) is 3.48. The van der Waals surface area contributed by atoms with Crippen molar-refractivity contribution in [3.05, 3.63) is 29.8 Å². The van der Waals surface area contributed by atoms with E-state index < -0.39 is 37.5 Å². The van der Waals surface area contributed by atoms with Gasteiger partial charge in [-0.15, -0.1) is 0 Å². The zero-order valence-electron chi connectivity index (χ0n) is 10.7. The van der Waals surface area contributed by atoms with E-state index in [0.29, 0.717) is 18.9 Å². The van der Waals surface area contributed by atoms with Gasteiger partial charge in [-0.3, -0.25) is 0 Å². The van der Waals surface area contributed by atoms with Crippen molar-refractivity contribution in [2.24, 2.45) is 5.92 Å². The Morgan fingerprint density at radius 2 is 2.00 bits per heavy atom. The predicted molar refractivity (Wildman–Crippen MR) is 67.0 cm³/mol. The van der Waals surface area contributed by atoms with Crippen molar-refractivity contribution in [1.29, 1.82) is 5.26 Å². The van der Waals surface area contributed by atoms with Gasteiger partial charge in [0.05, 0.1) is 6.07 Å². The van der Waals surface area contributed by atoms with Crippen molar-refractivity contribution in [2.75, 3.05) is 0 Å². The highest BCUT2D eigenvalue weighted by atomic mass is 32.2. The summed E-state index contributed by atoms with van der Waals surface area (Å²) in [5.41, 5.74) is 0. The van der Waals surface area contributed by atoms with Crippen LogP contribution in [0.5, 0.6) is 0 Å². The molecule has 0 aliphatic rings. The van der Waals surface area contributed by atoms with Crippen LogP contribution in [0.2, 0.25) is 0 Å². The molecule has 0 heterocycles. The number of hydrogen-bond donors (Lipinski definition) is 0. The molecule has 1 aromatic rings. The summed E-state index contributed by atoms with van der Waals surface area (Å²) < 4.78 is 51.1. The fourth-order valence-electron chi connectivity index (χ4n) is 1.94. The number of hydrogen-bond acceptors (Lipinski definition) is 3. The lowest BCUT2D eigenvalue weighted by molar-refractivity contribution is 0.503. The molecule has 2 unspecified atom stereocenters. The molecule has 0 N–H and O–H groups in total. The molecule has 0 amide bonds. The van der Waals surface area contributed by atoms with Gasteiger partial charge in [-0.1, -0.05) is 20.3 Å². The summed E-state index contributed by atoms with van der Waals surface area (Å²) in [5, 5.41) is 7.66. The molecule has 0 bridgehead atoms. The monoisotopic (exact) mass is 287 g/mol. The molecule has 0 fully saturated rings. The Morgan fingerprint density at radius 3 is 2.53 bits per heavy atom. The SMILES string of the molecule is CCCC(C)C(C#N)S(=O)(=O)c1cc(F)ccc1F. The number of nitriles is 1. The Kier molecular flexibility index (Phi) is 5.01. The van der Waals surface area contributed by atoms with Gasteiger partial charge >= 0.3 is 0 Å². The minimum atomic E-state index is -4.20. The highest BCUT2D eigenvalue weighted by Gasteiger charge is 2.34. The Labute approximate surface area is 111 Å². The van der Waals surface area contributed by atoms with E-state index in [-0.39, 0.29) is 0 Å². The van der Waals surface area contributed by atoms with Crippen LogP contribution in [0, 0.1) is 28.9 Å². The molecule has 0 radical (unpaired) electrons. The van der Waals surface area contributed by atoms with Crippen LogP contribution in [-0.4, -0.2) is 13.7 Å². The first-order chi connectivity index (χ1) is 8.84. The van der Waals surface area contributed by atoms with Crippen LogP contribution < -0.4 is 0 Å². The third-order valence-corrected chi connectivity index (χ3v) is 5.09. The van der Waals surface area contributed by atoms with Crippen molar-refractivity contribution >= 4 is 9.84 Å². The Balaban J connectivity index is 3.29. The van der Waals surface area contributed by atoms with Crippen LogP contribution in [0.1, 0.15) is 26.7 Å². The quantitative estimate of drug-likeness (QED) is 0.836. The van der Waals surface area contributed by atoms with E-state index in [4.69, 9.17) is 5.26 Å². The average Bonchev–Trinajstić information content (AvgIpc) is 2.33. The zero-order valence-corrected chi connectivity index (χ0v) is 11.5. The lowest BCUT2D eigenvalue weighted by Gasteiger charge is -2.17. The lowest BCUT2D eigenvalue weighted by Crippen LogP contribution is -2.27. The minimum absolute atomic E-state index is 0.442. The Hall–Kier alpha value is -1.48. The fourth-order valence-corrected chi connectivity index (χ4v) is 3.72. The normalized spacial score (nSPS) is 14.7. The van der Waals surface area contributed by atoms with Crippen LogP contribution >= 0.6 is 0 Å². The van der Waals surface area contributed by atoms with E-state index in [1.54, 1.807) is 13.0 Å². The lowest BCUT2D eigenvalue weighted by atomic mass is 10.0. The van der Waals surface area contributed by atoms with Crippen molar-refractivity contribution in [3.8, 4) is 6.07 Å². The highest BCUT2D eigenvalue weighted by Crippen LogP contribution is 2.26. The van der Waals surface area contributed by atoms with E-state index in [0.717, 1.165) is 12.1 Å². The van der Waals surface area contributed by atoms with Crippen LogP contribution in [0.4, 0.5) is 8.78 Å². The van der Waals surface area contributed by atoms with Gasteiger partial charge in [0.25, 0.3) is 0 Å². The summed E-state index contributed by atoms with van der Waals surface area (Å²) in [6, 6.07) is 3.90. The number of halogens is 2. The van der Waals surface area contributed by atoms with Crippen molar-refractivity contribution in [1.82, 2.24) is 0 Å². The van der Waals surface area contributed by atoms with E-state index >= 15 is 0 Å². The summed E-state index contributed by atoms with van der Waals surface area (Å²) in [4.78, 5) is -0.748. The highest BCUT2D eigenvalue weighted by molar-refractivity contribution is 7.92. The number of sulfone groups is 1. The van der Waals surface area contributed by atoms with Gasteiger partial charge in [0, 0.05) is 0 Å². The van der Waals surface area contributed by atoms with Gasteiger partial charge in [0.1, 0.15) is 16.5 Å². The first-order valence-corrected chi connectivity index (χ1v) is 7.47. The number of benzene rings is 1. The number of nitrogens with zero attached hydrogens (tertiary/aromatic N) is 1. The molecule has 0 aliphatic carbocycles. The minimum Gasteiger partial charge on any atom is -0.222 e. The third kappa shape index (κ3) is 3.29. The molecule has 0 aliphatic heterocycles. The Bertz CT molecular complexity index is 593. The van der Waals surface area contributed by atoms with E-state index in [1.165, 1.54) is 0 Å². The summed E-state index contributed by atoms with van der Waals surface area (Å²) in [7, 11) is -4.20. The molecule has 1 aromatic carbocycles. The largest absolute Gasteiger partial charge is 0.222 e. The van der Waals surface area contributed by atoms with Gasteiger partial charge in [-0.2, -0.15) is 5.26 Å². The second-order valence-corrected chi connectivity index (χ2v) is 6.47. The summed E-state index contributed by atoms with van der Waals surface area (Å²) in [6.07, 6.45) is 1.23. The molecule has 19 heavy (non-hydrogen) atoms. The maximum Gasteiger partial charge on any atom is 0.197 e. The molecular weight excluding hydrogens is 272 g/mol. The standard InChI is InChI=1S/C13H15F2NO2S/c1-3-4-9(2)13(8-16)19(17,18)12-7-10(14)5-6-11(12)15/h5-7,9,13H,3-4H2,1-2H3. The van der Waals surface area contributed by atoms with E-state index in [2.05, 4.69) is 0 Å². The fraction of sp³-hybridized carbons (Fsp3) is 0.462. The first-order valence-electron chi connectivity index (χ1n) is 5.93. The number of rotatable bonds is 5. The second-order valence-electron chi connectivity index (χ2n) is 4.44. The van der Waals surface area contributed by atoms with Gasteiger partial charge in [0.2, 0.25) is 0 Å². The molecule has 104 valence electrons. The molecule has 1 rings (SSSR count). The second kappa shape index (κ2) is 6.11. The molecule has 2 atom stereocenters. The zero-order chi connectivity index (χ0) is 14.6. The van der Waals surface area contributed by atoms with Crippen LogP contribution in [-0.2, 0) is 9.84 Å². The third-order valence-electron chi connectivity index (χ3n) is 2.92. The molecule has 3 nitrogen and oxygen atoms in total. The molecular formula is C13H15F2NO2S. The molecule has 0 spiro atoms. The molecule has 0 saturated carbocycles. The Morgan fingerprint density at radius 1 is 1.37 bits per heavy atom. The summed E-state index contributed by atoms with van der Waals surface area (Å²) >= 11 is 0. The maximum atomic E-state index is 13.6. The molecule has 0 aromatic heterocycles. The predicted octanol–water partition coefficient (Wildman–Crippen LogP) is 3.07. The van der Waals surface area contributed by atoms with E-state index in [9.17, 15) is 17.2 Å². The van der Waals surface area contributed by atoms with Gasteiger partial charge in [-0.05, 0) is 30.5 Å². The van der Waals surface area contributed by atoms with Gasteiger partial charge in [-0.25, -0.2) is 17.2 Å².